The lowest BCUT2D eigenvalue weighted by Gasteiger charge is -2.13. The Bertz CT molecular complexity index is 927. The number of hydrogen-bond donors (Lipinski definition) is 2. The molecule has 10 nitrogen and oxygen atoms in total. The number of H-pyrrole nitrogens is 1. The maximum Gasteiger partial charge on any atom is 0.327 e. The van der Waals surface area contributed by atoms with Gasteiger partial charge in [-0.15, -0.1) is 0 Å². The molecule has 2 aromatic heterocycles. The second kappa shape index (κ2) is 7.82. The molecule has 0 unspecified atom stereocenters. The van der Waals surface area contributed by atoms with E-state index in [2.05, 4.69) is 14.8 Å². The third-order valence-corrected chi connectivity index (χ3v) is 5.40. The fourth-order valence-electron chi connectivity index (χ4n) is 2.78. The Balaban J connectivity index is 1.67. The number of amides is 1. The van der Waals surface area contributed by atoms with Gasteiger partial charge in [-0.05, 0) is 25.8 Å². The minimum atomic E-state index is -3.92. The largest absolute Gasteiger partial charge is 0.465 e. The van der Waals surface area contributed by atoms with Gasteiger partial charge in [0.2, 0.25) is 0 Å². The summed E-state index contributed by atoms with van der Waals surface area (Å²) in [6, 6.07) is 2.73. The lowest BCUT2D eigenvalue weighted by atomic mass is 10.4. The van der Waals surface area contributed by atoms with Crippen LogP contribution in [0.5, 0.6) is 0 Å². The molecule has 146 valence electrons. The summed E-state index contributed by atoms with van der Waals surface area (Å²) in [5.74, 6) is -0.619. The van der Waals surface area contributed by atoms with Gasteiger partial charge in [0.15, 0.2) is 5.82 Å². The molecule has 0 saturated carbocycles. The van der Waals surface area contributed by atoms with Gasteiger partial charge in [0, 0.05) is 31.5 Å². The Morgan fingerprint density at radius 2 is 2.07 bits per heavy atom. The van der Waals surface area contributed by atoms with E-state index in [9.17, 15) is 18.0 Å². The van der Waals surface area contributed by atoms with Gasteiger partial charge < -0.3 is 14.6 Å². The van der Waals surface area contributed by atoms with E-state index in [0.29, 0.717) is 13.1 Å². The summed E-state index contributed by atoms with van der Waals surface area (Å²) < 4.78 is 33.4. The highest BCUT2D eigenvalue weighted by Gasteiger charge is 2.24. The van der Waals surface area contributed by atoms with Crippen LogP contribution >= 0.6 is 0 Å². The molecule has 0 bridgehead atoms. The van der Waals surface area contributed by atoms with Crippen molar-refractivity contribution in [1.82, 2.24) is 19.7 Å². The Labute approximate surface area is 156 Å². The number of carbonyl (C=O) groups is 2. The molecular formula is C16H21N5O5S. The third kappa shape index (κ3) is 4.48. The molecular weight excluding hydrogens is 374 g/mol. The third-order valence-electron chi connectivity index (χ3n) is 4.07. The zero-order chi connectivity index (χ0) is 19.4. The average Bonchev–Trinajstić information content (AvgIpc) is 3.36. The Hall–Kier alpha value is -2.82. The van der Waals surface area contributed by atoms with Crippen LogP contribution in [0.1, 0.15) is 30.3 Å². The summed E-state index contributed by atoms with van der Waals surface area (Å²) in [7, 11) is -3.92. The number of anilines is 1. The van der Waals surface area contributed by atoms with Gasteiger partial charge in [-0.3, -0.25) is 19.0 Å². The maximum absolute atomic E-state index is 12.5. The van der Waals surface area contributed by atoms with Crippen LogP contribution in [0.25, 0.3) is 0 Å². The van der Waals surface area contributed by atoms with Crippen molar-refractivity contribution >= 4 is 27.7 Å². The Morgan fingerprint density at radius 1 is 1.33 bits per heavy atom. The van der Waals surface area contributed by atoms with Gasteiger partial charge in [-0.2, -0.15) is 5.10 Å². The quantitative estimate of drug-likeness (QED) is 0.668. The molecule has 0 radical (unpaired) electrons. The number of rotatable bonds is 7. The highest BCUT2D eigenvalue weighted by molar-refractivity contribution is 7.92. The number of nitrogens with zero attached hydrogens (tertiary/aromatic N) is 3. The van der Waals surface area contributed by atoms with E-state index in [4.69, 9.17) is 4.74 Å². The van der Waals surface area contributed by atoms with Crippen LogP contribution in [-0.4, -0.2) is 59.7 Å². The molecule has 27 heavy (non-hydrogen) atoms. The lowest BCUT2D eigenvalue weighted by molar-refractivity contribution is -0.144. The fourth-order valence-corrected chi connectivity index (χ4v) is 3.77. The van der Waals surface area contributed by atoms with Crippen molar-refractivity contribution in [3.8, 4) is 0 Å². The molecule has 11 heteroatoms. The number of ether oxygens (including phenoxy) is 1. The molecule has 0 aromatic carbocycles. The first-order valence-electron chi connectivity index (χ1n) is 8.58. The van der Waals surface area contributed by atoms with Gasteiger partial charge in [0.05, 0.1) is 6.61 Å². The van der Waals surface area contributed by atoms with E-state index in [0.717, 1.165) is 12.8 Å². The van der Waals surface area contributed by atoms with Crippen LogP contribution in [-0.2, 0) is 26.1 Å². The van der Waals surface area contributed by atoms with Gasteiger partial charge in [0.1, 0.15) is 17.1 Å². The smallest absolute Gasteiger partial charge is 0.327 e. The summed E-state index contributed by atoms with van der Waals surface area (Å²) in [6.45, 7) is 3.19. The fraction of sp³-hybridized carbons (Fsp3) is 0.438. The topological polar surface area (TPSA) is 126 Å². The van der Waals surface area contributed by atoms with E-state index < -0.39 is 16.0 Å². The van der Waals surface area contributed by atoms with Gasteiger partial charge in [-0.25, -0.2) is 8.42 Å². The molecule has 0 spiro atoms. The molecule has 2 aromatic rings. The number of nitrogens with one attached hydrogen (secondary N) is 2. The van der Waals surface area contributed by atoms with Crippen molar-refractivity contribution in [2.75, 3.05) is 24.4 Å². The van der Waals surface area contributed by atoms with Crippen LogP contribution in [0.2, 0.25) is 0 Å². The van der Waals surface area contributed by atoms with Crippen molar-refractivity contribution in [2.45, 2.75) is 31.2 Å². The normalized spacial score (nSPS) is 14.3. The van der Waals surface area contributed by atoms with Crippen molar-refractivity contribution < 1.29 is 22.7 Å². The van der Waals surface area contributed by atoms with Crippen molar-refractivity contribution in [2.24, 2.45) is 0 Å². The van der Waals surface area contributed by atoms with Crippen LogP contribution < -0.4 is 4.72 Å². The van der Waals surface area contributed by atoms with Crippen molar-refractivity contribution in [1.29, 1.82) is 0 Å². The predicted octanol–water partition coefficient (Wildman–Crippen LogP) is 0.811. The van der Waals surface area contributed by atoms with Crippen LogP contribution in [0.3, 0.4) is 0 Å². The number of hydrogen-bond acceptors (Lipinski definition) is 6. The lowest BCUT2D eigenvalue weighted by Crippen LogP contribution is -2.27. The number of likely N-dealkylation sites (tertiary alicyclic amines) is 1. The zero-order valence-electron chi connectivity index (χ0n) is 14.8. The Kier molecular flexibility index (Phi) is 5.49. The number of aromatic nitrogens is 3. The highest BCUT2D eigenvalue weighted by atomic mass is 32.2. The van der Waals surface area contributed by atoms with E-state index >= 15 is 0 Å². The molecule has 1 amide bonds. The van der Waals surface area contributed by atoms with Crippen LogP contribution in [0, 0.1) is 0 Å². The Morgan fingerprint density at radius 3 is 2.78 bits per heavy atom. The number of sulfonamides is 1. The van der Waals surface area contributed by atoms with Crippen molar-refractivity contribution in [3.63, 3.8) is 0 Å². The number of aromatic amines is 1. The monoisotopic (exact) mass is 395 g/mol. The first-order valence-corrected chi connectivity index (χ1v) is 10.1. The average molecular weight is 395 g/mol. The summed E-state index contributed by atoms with van der Waals surface area (Å²) in [6.07, 6.45) is 4.64. The minimum absolute atomic E-state index is 0.0629. The van der Waals surface area contributed by atoms with Gasteiger partial charge in [0.25, 0.3) is 15.9 Å². The summed E-state index contributed by atoms with van der Waals surface area (Å²) >= 11 is 0. The number of carbonyl (C=O) groups excluding carboxylic acids is 2. The molecule has 2 N–H and O–H groups in total. The molecule has 0 atom stereocenters. The van der Waals surface area contributed by atoms with E-state index in [1.54, 1.807) is 11.8 Å². The van der Waals surface area contributed by atoms with E-state index in [1.807, 2.05) is 0 Å². The summed E-state index contributed by atoms with van der Waals surface area (Å²) in [5.41, 5.74) is 0.227. The molecule has 1 aliphatic rings. The van der Waals surface area contributed by atoms with Gasteiger partial charge in [-0.1, -0.05) is 0 Å². The predicted molar refractivity (Wildman–Crippen MR) is 95.6 cm³/mol. The summed E-state index contributed by atoms with van der Waals surface area (Å²) in [5, 5.41) is 3.99. The molecule has 1 aliphatic heterocycles. The molecule has 1 saturated heterocycles. The second-order valence-electron chi connectivity index (χ2n) is 6.06. The number of esters is 1. The zero-order valence-corrected chi connectivity index (χ0v) is 15.7. The standard InChI is InChI=1S/C16H21N5O5S/c1-2-26-15(22)11-21-8-5-14(18-21)19-27(24,25)12-9-13(17-10-12)16(23)20-6-3-4-7-20/h5,8-10,17H,2-4,6-7,11H2,1H3,(H,18,19). The summed E-state index contributed by atoms with van der Waals surface area (Å²) in [4.78, 5) is 28.1. The van der Waals surface area contributed by atoms with Crippen molar-refractivity contribution in [3.05, 3.63) is 30.2 Å². The molecule has 3 rings (SSSR count). The molecule has 0 aliphatic carbocycles. The first-order chi connectivity index (χ1) is 12.9. The van der Waals surface area contributed by atoms with Crippen LogP contribution in [0.15, 0.2) is 29.4 Å². The van der Waals surface area contributed by atoms with E-state index in [-0.39, 0.29) is 35.5 Å². The SMILES string of the molecule is CCOC(=O)Cn1ccc(NS(=O)(=O)c2c[nH]c(C(=O)N3CCCC3)c2)n1. The van der Waals surface area contributed by atoms with Crippen LogP contribution in [0.4, 0.5) is 5.82 Å². The second-order valence-corrected chi connectivity index (χ2v) is 7.74. The maximum atomic E-state index is 12.5. The molecule has 1 fully saturated rings. The van der Waals surface area contributed by atoms with E-state index in [1.165, 1.54) is 29.2 Å². The van der Waals surface area contributed by atoms with Gasteiger partial charge >= 0.3 is 5.97 Å². The minimum Gasteiger partial charge on any atom is -0.465 e. The molecule has 3 heterocycles. The highest BCUT2D eigenvalue weighted by Crippen LogP contribution is 2.18. The first kappa shape index (κ1) is 19.0.